The quantitative estimate of drug-likeness (QED) is 0.306. The highest BCUT2D eigenvalue weighted by molar-refractivity contribution is 14.0. The Morgan fingerprint density at radius 1 is 1.15 bits per heavy atom. The molecule has 0 spiro atoms. The molecule has 0 bridgehead atoms. The average molecular weight is 499 g/mol. The molecular formula is C18H20ClIN6O. The van der Waals surface area contributed by atoms with Gasteiger partial charge in [-0.1, -0.05) is 22.8 Å². The lowest BCUT2D eigenvalue weighted by atomic mass is 10.2. The maximum absolute atomic E-state index is 5.89. The minimum absolute atomic E-state index is 0. The summed E-state index contributed by atoms with van der Waals surface area (Å²) in [6, 6.07) is 13.0. The summed E-state index contributed by atoms with van der Waals surface area (Å²) in [5.41, 5.74) is 1.74. The molecule has 0 saturated heterocycles. The van der Waals surface area contributed by atoms with E-state index in [2.05, 4.69) is 30.8 Å². The largest absolute Gasteiger partial charge is 0.357 e. The molecule has 0 amide bonds. The molecule has 0 saturated carbocycles. The third-order valence-corrected chi connectivity index (χ3v) is 3.70. The van der Waals surface area contributed by atoms with Crippen LogP contribution in [0.5, 0.6) is 0 Å². The normalized spacial score (nSPS) is 11.0. The van der Waals surface area contributed by atoms with Crippen LogP contribution in [0.1, 0.15) is 18.5 Å². The van der Waals surface area contributed by atoms with Crippen molar-refractivity contribution in [2.75, 3.05) is 6.54 Å². The van der Waals surface area contributed by atoms with Crippen LogP contribution in [0.2, 0.25) is 5.02 Å². The number of hydrogen-bond acceptors (Lipinski definition) is 5. The third kappa shape index (κ3) is 6.47. The Bertz CT molecular complexity index is 854. The second-order valence-corrected chi connectivity index (χ2v) is 5.82. The average Bonchev–Trinajstić information content (AvgIpc) is 3.14. The van der Waals surface area contributed by atoms with Crippen LogP contribution in [0.4, 0.5) is 0 Å². The van der Waals surface area contributed by atoms with E-state index in [0.717, 1.165) is 17.8 Å². The Hall–Kier alpha value is -2.20. The third-order valence-electron chi connectivity index (χ3n) is 3.45. The van der Waals surface area contributed by atoms with Crippen molar-refractivity contribution < 1.29 is 4.52 Å². The minimum Gasteiger partial charge on any atom is -0.357 e. The molecule has 7 nitrogen and oxygen atoms in total. The van der Waals surface area contributed by atoms with E-state index in [0.29, 0.717) is 35.8 Å². The first kappa shape index (κ1) is 21.1. The highest BCUT2D eigenvalue weighted by Gasteiger charge is 2.09. The van der Waals surface area contributed by atoms with Gasteiger partial charge in [-0.3, -0.25) is 4.98 Å². The molecule has 0 atom stereocenters. The van der Waals surface area contributed by atoms with Crippen molar-refractivity contribution >= 4 is 41.5 Å². The second kappa shape index (κ2) is 10.8. The summed E-state index contributed by atoms with van der Waals surface area (Å²) in [6.07, 6.45) is 1.75. The van der Waals surface area contributed by atoms with Gasteiger partial charge in [0.1, 0.15) is 0 Å². The van der Waals surface area contributed by atoms with Gasteiger partial charge in [-0.05, 0) is 43.3 Å². The van der Waals surface area contributed by atoms with Crippen LogP contribution in [0, 0.1) is 0 Å². The van der Waals surface area contributed by atoms with Crippen LogP contribution in [-0.4, -0.2) is 27.6 Å². The molecule has 2 aromatic heterocycles. The fourth-order valence-corrected chi connectivity index (χ4v) is 2.32. The van der Waals surface area contributed by atoms with Crippen LogP contribution in [0.15, 0.2) is 58.2 Å². The zero-order valence-electron chi connectivity index (χ0n) is 14.7. The van der Waals surface area contributed by atoms with E-state index in [1.54, 1.807) is 18.3 Å². The van der Waals surface area contributed by atoms with Gasteiger partial charge in [0, 0.05) is 23.3 Å². The van der Waals surface area contributed by atoms with Crippen LogP contribution in [-0.2, 0) is 13.1 Å². The maximum Gasteiger partial charge on any atom is 0.246 e. The summed E-state index contributed by atoms with van der Waals surface area (Å²) < 4.78 is 5.29. The number of rotatable bonds is 6. The van der Waals surface area contributed by atoms with Gasteiger partial charge >= 0.3 is 0 Å². The van der Waals surface area contributed by atoms with E-state index in [1.807, 2.05) is 37.3 Å². The predicted octanol–water partition coefficient (Wildman–Crippen LogP) is 3.66. The molecule has 0 aliphatic heterocycles. The van der Waals surface area contributed by atoms with E-state index >= 15 is 0 Å². The van der Waals surface area contributed by atoms with Gasteiger partial charge < -0.3 is 15.2 Å². The lowest BCUT2D eigenvalue weighted by Gasteiger charge is -2.09. The number of nitrogens with one attached hydrogen (secondary N) is 2. The first-order valence-corrected chi connectivity index (χ1v) is 8.63. The van der Waals surface area contributed by atoms with Crippen molar-refractivity contribution in [1.82, 2.24) is 25.8 Å². The van der Waals surface area contributed by atoms with Crippen LogP contribution in [0.3, 0.4) is 0 Å². The molecule has 0 unspecified atom stereocenters. The summed E-state index contributed by atoms with van der Waals surface area (Å²) in [5.74, 6) is 1.65. The Labute approximate surface area is 179 Å². The first-order valence-electron chi connectivity index (χ1n) is 8.25. The van der Waals surface area contributed by atoms with E-state index < -0.39 is 0 Å². The van der Waals surface area contributed by atoms with Gasteiger partial charge in [0.15, 0.2) is 5.96 Å². The molecule has 0 radical (unpaired) electrons. The summed E-state index contributed by atoms with van der Waals surface area (Å²) in [5, 5.41) is 11.0. The van der Waals surface area contributed by atoms with Gasteiger partial charge in [-0.15, -0.1) is 24.0 Å². The van der Waals surface area contributed by atoms with Crippen molar-refractivity contribution in [3.05, 3.63) is 65.3 Å². The molecule has 142 valence electrons. The number of aliphatic imine (C=N–C) groups is 1. The van der Waals surface area contributed by atoms with Gasteiger partial charge in [0.05, 0.1) is 18.8 Å². The van der Waals surface area contributed by atoms with Crippen molar-refractivity contribution in [1.29, 1.82) is 0 Å². The summed E-state index contributed by atoms with van der Waals surface area (Å²) >= 11 is 5.89. The molecule has 2 heterocycles. The highest BCUT2D eigenvalue weighted by atomic mass is 127. The van der Waals surface area contributed by atoms with Gasteiger partial charge in [0.25, 0.3) is 0 Å². The number of nitrogens with zero attached hydrogens (tertiary/aromatic N) is 4. The lowest BCUT2D eigenvalue weighted by Crippen LogP contribution is -2.36. The summed E-state index contributed by atoms with van der Waals surface area (Å²) in [7, 11) is 0. The molecule has 0 aliphatic rings. The minimum atomic E-state index is 0. The fourth-order valence-electron chi connectivity index (χ4n) is 2.20. The lowest BCUT2D eigenvalue weighted by molar-refractivity contribution is 0.375. The second-order valence-electron chi connectivity index (χ2n) is 5.39. The molecule has 2 N–H and O–H groups in total. The number of guanidine groups is 1. The van der Waals surface area contributed by atoms with Crippen molar-refractivity contribution in [2.24, 2.45) is 4.99 Å². The number of halogens is 2. The predicted molar refractivity (Wildman–Crippen MR) is 116 cm³/mol. The molecular weight excluding hydrogens is 479 g/mol. The highest BCUT2D eigenvalue weighted by Crippen LogP contribution is 2.18. The molecule has 3 aromatic rings. The maximum atomic E-state index is 5.89. The standard InChI is InChI=1S/C18H19ClN6O.HI/c1-2-20-18(22-11-15-5-3-4-10-21-15)23-12-16-24-17(25-26-16)13-6-8-14(19)9-7-13;/h3-10H,2,11-12H2,1H3,(H2,20,22,23);1H. The fraction of sp³-hybridized carbons (Fsp3) is 0.222. The monoisotopic (exact) mass is 498 g/mol. The number of pyridine rings is 1. The van der Waals surface area contributed by atoms with E-state index in [9.17, 15) is 0 Å². The first-order chi connectivity index (χ1) is 12.7. The molecule has 3 rings (SSSR count). The number of hydrogen-bond donors (Lipinski definition) is 2. The topological polar surface area (TPSA) is 88.2 Å². The van der Waals surface area contributed by atoms with E-state index in [-0.39, 0.29) is 24.0 Å². The zero-order chi connectivity index (χ0) is 18.2. The van der Waals surface area contributed by atoms with Gasteiger partial charge in [-0.25, -0.2) is 4.99 Å². The SMILES string of the molecule is CCNC(=NCc1ccccn1)NCc1nc(-c2ccc(Cl)cc2)no1.I. The Morgan fingerprint density at radius 3 is 2.67 bits per heavy atom. The Balaban J connectivity index is 0.00000261. The number of benzene rings is 1. The van der Waals surface area contributed by atoms with Crippen molar-refractivity contribution in [3.8, 4) is 11.4 Å². The van der Waals surface area contributed by atoms with Gasteiger partial charge in [0.2, 0.25) is 11.7 Å². The van der Waals surface area contributed by atoms with E-state index in [4.69, 9.17) is 16.1 Å². The molecule has 27 heavy (non-hydrogen) atoms. The van der Waals surface area contributed by atoms with E-state index in [1.165, 1.54) is 0 Å². The van der Waals surface area contributed by atoms with Crippen LogP contribution < -0.4 is 10.6 Å². The molecule has 1 aromatic carbocycles. The molecule has 0 aliphatic carbocycles. The van der Waals surface area contributed by atoms with Crippen LogP contribution >= 0.6 is 35.6 Å². The van der Waals surface area contributed by atoms with Crippen molar-refractivity contribution in [3.63, 3.8) is 0 Å². The molecule has 0 fully saturated rings. The smallest absolute Gasteiger partial charge is 0.246 e. The van der Waals surface area contributed by atoms with Crippen LogP contribution in [0.25, 0.3) is 11.4 Å². The zero-order valence-corrected chi connectivity index (χ0v) is 17.8. The van der Waals surface area contributed by atoms with Crippen molar-refractivity contribution in [2.45, 2.75) is 20.0 Å². The summed E-state index contributed by atoms with van der Waals surface area (Å²) in [6.45, 7) is 3.60. The Morgan fingerprint density at radius 2 is 1.96 bits per heavy atom. The molecule has 9 heteroatoms. The summed E-state index contributed by atoms with van der Waals surface area (Å²) in [4.78, 5) is 13.1. The number of aromatic nitrogens is 3. The van der Waals surface area contributed by atoms with Gasteiger partial charge in [-0.2, -0.15) is 4.98 Å². The Kier molecular flexibility index (Phi) is 8.46.